The van der Waals surface area contributed by atoms with Gasteiger partial charge < -0.3 is 4.98 Å². The quantitative estimate of drug-likeness (QED) is 0.786. The normalized spacial score (nSPS) is 10.4. The Hall–Kier alpha value is -1.54. The number of aromatic amines is 1. The van der Waals surface area contributed by atoms with E-state index in [4.69, 9.17) is 11.6 Å². The number of halogens is 1. The van der Waals surface area contributed by atoms with Crippen molar-refractivity contribution in [3.63, 3.8) is 0 Å². The maximum atomic E-state index is 11.3. The van der Waals surface area contributed by atoms with E-state index in [0.717, 1.165) is 16.8 Å². The van der Waals surface area contributed by atoms with Gasteiger partial charge in [-0.1, -0.05) is 23.7 Å². The van der Waals surface area contributed by atoms with Gasteiger partial charge in [-0.15, -0.1) is 0 Å². The maximum Gasteiger partial charge on any atom is 0.176 e. The number of rotatable bonds is 2. The van der Waals surface area contributed by atoms with E-state index in [1.807, 2.05) is 37.3 Å². The predicted octanol–water partition coefficient (Wildman–Crippen LogP) is 3.85. The minimum Gasteiger partial charge on any atom is -0.352 e. The molecule has 0 fully saturated rings. The fourth-order valence-electron chi connectivity index (χ4n) is 1.74. The van der Waals surface area contributed by atoms with Crippen LogP contribution in [0.25, 0.3) is 11.3 Å². The van der Waals surface area contributed by atoms with Crippen LogP contribution in [0.15, 0.2) is 30.3 Å². The average molecular weight is 234 g/mol. The number of nitrogens with one attached hydrogen (secondary N) is 1. The largest absolute Gasteiger partial charge is 0.352 e. The number of benzene rings is 1. The molecule has 1 N–H and O–H groups in total. The molecule has 0 saturated heterocycles. The highest BCUT2D eigenvalue weighted by atomic mass is 35.5. The van der Waals surface area contributed by atoms with Crippen LogP contribution in [0.5, 0.6) is 0 Å². The first-order chi connectivity index (χ1) is 7.58. The Bertz CT molecular complexity index is 543. The summed E-state index contributed by atoms with van der Waals surface area (Å²) in [5, 5.41) is 0.689. The molecule has 0 spiro atoms. The summed E-state index contributed by atoms with van der Waals surface area (Å²) in [7, 11) is 0. The lowest BCUT2D eigenvalue weighted by molar-refractivity contribution is 0.101. The molecule has 2 nitrogen and oxygen atoms in total. The summed E-state index contributed by atoms with van der Waals surface area (Å²) in [6.45, 7) is 3.47. The van der Waals surface area contributed by atoms with Gasteiger partial charge in [0, 0.05) is 17.6 Å². The number of aryl methyl sites for hydroxylation is 1. The Kier molecular flexibility index (Phi) is 2.84. The summed E-state index contributed by atoms with van der Waals surface area (Å²) >= 11 is 5.92. The van der Waals surface area contributed by atoms with Crippen LogP contribution in [-0.2, 0) is 0 Å². The van der Waals surface area contributed by atoms with E-state index in [1.165, 1.54) is 0 Å². The maximum absolute atomic E-state index is 11.3. The number of hydrogen-bond acceptors (Lipinski definition) is 1. The lowest BCUT2D eigenvalue weighted by atomic mass is 10.1. The minimum absolute atomic E-state index is 0.0470. The van der Waals surface area contributed by atoms with Crippen LogP contribution in [0.4, 0.5) is 0 Å². The van der Waals surface area contributed by atoms with Crippen molar-refractivity contribution in [2.45, 2.75) is 13.8 Å². The molecule has 0 radical (unpaired) electrons. The van der Waals surface area contributed by atoms with Crippen LogP contribution in [0.1, 0.15) is 23.0 Å². The predicted molar refractivity (Wildman–Crippen MR) is 66.0 cm³/mol. The molecule has 0 aliphatic heterocycles. The van der Waals surface area contributed by atoms with E-state index in [2.05, 4.69) is 4.98 Å². The molecule has 1 aromatic heterocycles. The second-order valence-electron chi connectivity index (χ2n) is 3.81. The molecular formula is C13H12ClNO. The SMILES string of the molecule is CC(=O)c1[nH]c(-c2cccc(Cl)c2)cc1C. The Morgan fingerprint density at radius 1 is 1.31 bits per heavy atom. The first kappa shape index (κ1) is 11.0. The van der Waals surface area contributed by atoms with E-state index in [0.29, 0.717) is 10.7 Å². The third-order valence-electron chi connectivity index (χ3n) is 2.50. The van der Waals surface area contributed by atoms with Crippen molar-refractivity contribution in [1.29, 1.82) is 0 Å². The van der Waals surface area contributed by atoms with Crippen LogP contribution in [0.2, 0.25) is 5.02 Å². The zero-order valence-electron chi connectivity index (χ0n) is 9.17. The second kappa shape index (κ2) is 4.14. The fourth-order valence-corrected chi connectivity index (χ4v) is 1.93. The molecule has 0 bridgehead atoms. The molecule has 3 heteroatoms. The Labute approximate surface area is 99.3 Å². The summed E-state index contributed by atoms with van der Waals surface area (Å²) in [5.74, 6) is 0.0470. The third kappa shape index (κ3) is 2.02. The van der Waals surface area contributed by atoms with Gasteiger partial charge in [-0.25, -0.2) is 0 Å². The van der Waals surface area contributed by atoms with Crippen molar-refractivity contribution in [1.82, 2.24) is 4.98 Å². The molecule has 16 heavy (non-hydrogen) atoms. The van der Waals surface area contributed by atoms with Crippen molar-refractivity contribution in [2.24, 2.45) is 0 Å². The summed E-state index contributed by atoms with van der Waals surface area (Å²) in [6.07, 6.45) is 0. The monoisotopic (exact) mass is 233 g/mol. The van der Waals surface area contributed by atoms with Gasteiger partial charge in [0.2, 0.25) is 0 Å². The van der Waals surface area contributed by atoms with Crippen LogP contribution >= 0.6 is 11.6 Å². The highest BCUT2D eigenvalue weighted by Crippen LogP contribution is 2.24. The lowest BCUT2D eigenvalue weighted by Gasteiger charge is -1.98. The van der Waals surface area contributed by atoms with Crippen LogP contribution in [0, 0.1) is 6.92 Å². The molecule has 0 amide bonds. The summed E-state index contributed by atoms with van der Waals surface area (Å²) in [5.41, 5.74) is 3.53. The number of aromatic nitrogens is 1. The number of H-pyrrole nitrogens is 1. The Morgan fingerprint density at radius 2 is 2.06 bits per heavy atom. The van der Waals surface area contributed by atoms with Crippen LogP contribution in [-0.4, -0.2) is 10.8 Å². The van der Waals surface area contributed by atoms with Gasteiger partial charge >= 0.3 is 0 Å². The third-order valence-corrected chi connectivity index (χ3v) is 2.74. The van der Waals surface area contributed by atoms with Gasteiger partial charge in [-0.05, 0) is 36.2 Å². The summed E-state index contributed by atoms with van der Waals surface area (Å²) in [6, 6.07) is 9.51. The number of Topliss-reactive ketones (excluding diaryl/α,β-unsaturated/α-hetero) is 1. The van der Waals surface area contributed by atoms with Gasteiger partial charge in [0.25, 0.3) is 0 Å². The van der Waals surface area contributed by atoms with Gasteiger partial charge in [0.05, 0.1) is 5.69 Å². The first-order valence-electron chi connectivity index (χ1n) is 5.04. The molecule has 0 aliphatic rings. The lowest BCUT2D eigenvalue weighted by Crippen LogP contribution is -1.94. The second-order valence-corrected chi connectivity index (χ2v) is 4.24. The molecule has 0 saturated carbocycles. The fraction of sp³-hybridized carbons (Fsp3) is 0.154. The summed E-state index contributed by atoms with van der Waals surface area (Å²) < 4.78 is 0. The van der Waals surface area contributed by atoms with Crippen molar-refractivity contribution in [3.8, 4) is 11.3 Å². The Balaban J connectivity index is 2.49. The van der Waals surface area contributed by atoms with Gasteiger partial charge in [0.15, 0.2) is 5.78 Å². The average Bonchev–Trinajstić information content (AvgIpc) is 2.60. The number of carbonyl (C=O) groups excluding carboxylic acids is 1. The van der Waals surface area contributed by atoms with Crippen LogP contribution < -0.4 is 0 Å². The Morgan fingerprint density at radius 3 is 2.62 bits per heavy atom. The number of ketones is 1. The van der Waals surface area contributed by atoms with Crippen molar-refractivity contribution < 1.29 is 4.79 Å². The topological polar surface area (TPSA) is 32.9 Å². The molecule has 82 valence electrons. The van der Waals surface area contributed by atoms with Crippen molar-refractivity contribution in [2.75, 3.05) is 0 Å². The minimum atomic E-state index is 0.0470. The number of carbonyl (C=O) groups is 1. The van der Waals surface area contributed by atoms with E-state index >= 15 is 0 Å². The number of hydrogen-bond donors (Lipinski definition) is 1. The standard InChI is InChI=1S/C13H12ClNO/c1-8-6-12(15-13(8)9(2)16)10-4-3-5-11(14)7-10/h3-7,15H,1-2H3. The molecule has 1 heterocycles. The molecule has 0 unspecified atom stereocenters. The molecule has 2 aromatic rings. The highest BCUT2D eigenvalue weighted by Gasteiger charge is 2.09. The highest BCUT2D eigenvalue weighted by molar-refractivity contribution is 6.30. The zero-order valence-corrected chi connectivity index (χ0v) is 9.93. The molecule has 2 rings (SSSR count). The zero-order chi connectivity index (χ0) is 11.7. The molecule has 0 aliphatic carbocycles. The van der Waals surface area contributed by atoms with Crippen molar-refractivity contribution >= 4 is 17.4 Å². The van der Waals surface area contributed by atoms with Gasteiger partial charge in [-0.2, -0.15) is 0 Å². The summed E-state index contributed by atoms with van der Waals surface area (Å²) in [4.78, 5) is 14.4. The van der Waals surface area contributed by atoms with E-state index < -0.39 is 0 Å². The van der Waals surface area contributed by atoms with Gasteiger partial charge in [0.1, 0.15) is 0 Å². The first-order valence-corrected chi connectivity index (χ1v) is 5.42. The molecule has 1 aromatic carbocycles. The van der Waals surface area contributed by atoms with Crippen LogP contribution in [0.3, 0.4) is 0 Å². The van der Waals surface area contributed by atoms with E-state index in [-0.39, 0.29) is 5.78 Å². The van der Waals surface area contributed by atoms with E-state index in [9.17, 15) is 4.79 Å². The molecule has 0 atom stereocenters. The van der Waals surface area contributed by atoms with Gasteiger partial charge in [-0.3, -0.25) is 4.79 Å². The van der Waals surface area contributed by atoms with E-state index in [1.54, 1.807) is 6.92 Å². The molecular weight excluding hydrogens is 222 g/mol. The van der Waals surface area contributed by atoms with Crippen molar-refractivity contribution in [3.05, 3.63) is 46.6 Å². The smallest absolute Gasteiger partial charge is 0.176 e.